The quantitative estimate of drug-likeness (QED) is 0.556. The van der Waals surface area contributed by atoms with Crippen LogP contribution in [-0.2, 0) is 11.3 Å². The average molecular weight is 402 g/mol. The highest BCUT2D eigenvalue weighted by molar-refractivity contribution is 5.80. The molecule has 1 saturated heterocycles. The van der Waals surface area contributed by atoms with Gasteiger partial charge in [0, 0.05) is 71.4 Å². The van der Waals surface area contributed by atoms with Gasteiger partial charge in [-0.05, 0) is 18.9 Å². The number of rotatable bonds is 7. The molecule has 3 rings (SSSR count). The lowest BCUT2D eigenvalue weighted by atomic mass is 9.84. The first-order chi connectivity index (χ1) is 14.1. The highest BCUT2D eigenvalue weighted by Crippen LogP contribution is 2.28. The van der Waals surface area contributed by atoms with Crippen molar-refractivity contribution >= 4 is 11.9 Å². The number of amides is 1. The van der Waals surface area contributed by atoms with E-state index in [1.54, 1.807) is 7.11 Å². The largest absolute Gasteiger partial charge is 0.496 e. The number of benzene rings is 1. The van der Waals surface area contributed by atoms with E-state index in [-0.39, 0.29) is 0 Å². The molecule has 1 aliphatic heterocycles. The number of guanidine groups is 1. The average Bonchev–Trinajstić information content (AvgIpc) is 2.70. The fraction of sp³-hybridized carbons (Fsp3) is 0.636. The molecule has 29 heavy (non-hydrogen) atoms. The molecule has 1 heterocycles. The number of methoxy groups -OCH3 is 1. The van der Waals surface area contributed by atoms with E-state index in [2.05, 4.69) is 31.1 Å². The van der Waals surface area contributed by atoms with Crippen molar-refractivity contribution in [1.82, 2.24) is 20.0 Å². The SMILES string of the molecule is CN=C(NCCN1CCN(C(=O)C2CCC2)CC1)N(C)Cc1ccccc1OC. The number of para-hydroxylation sites is 1. The number of carbonyl (C=O) groups excluding carboxylic acids is 1. The Kier molecular flexibility index (Phi) is 7.75. The molecular weight excluding hydrogens is 366 g/mol. The van der Waals surface area contributed by atoms with Crippen LogP contribution in [0.2, 0.25) is 0 Å². The van der Waals surface area contributed by atoms with Crippen molar-refractivity contribution < 1.29 is 9.53 Å². The first-order valence-electron chi connectivity index (χ1n) is 10.7. The lowest BCUT2D eigenvalue weighted by Crippen LogP contribution is -2.52. The first-order valence-corrected chi connectivity index (χ1v) is 10.7. The number of hydrogen-bond acceptors (Lipinski definition) is 4. The Balaban J connectivity index is 1.39. The minimum atomic E-state index is 0.310. The van der Waals surface area contributed by atoms with Gasteiger partial charge < -0.3 is 19.9 Å². The van der Waals surface area contributed by atoms with Gasteiger partial charge in [-0.2, -0.15) is 0 Å². The number of hydrogen-bond donors (Lipinski definition) is 1. The van der Waals surface area contributed by atoms with E-state index in [1.807, 2.05) is 32.3 Å². The van der Waals surface area contributed by atoms with Gasteiger partial charge in [-0.25, -0.2) is 0 Å². The Labute approximate surface area is 174 Å². The topological polar surface area (TPSA) is 60.4 Å². The van der Waals surface area contributed by atoms with Crippen molar-refractivity contribution in [3.8, 4) is 5.75 Å². The number of carbonyl (C=O) groups is 1. The second kappa shape index (κ2) is 10.5. The standard InChI is InChI=1S/C22H35N5O2/c1-23-22(25(2)17-19-7-4-5-10-20(19)29-3)24-11-12-26-13-15-27(16-14-26)21(28)18-8-6-9-18/h4-5,7,10,18H,6,8-9,11-17H2,1-3H3,(H,23,24). The molecule has 0 spiro atoms. The van der Waals surface area contributed by atoms with Crippen LogP contribution in [0.5, 0.6) is 5.75 Å². The van der Waals surface area contributed by atoms with E-state index in [1.165, 1.54) is 6.42 Å². The maximum absolute atomic E-state index is 12.4. The summed E-state index contributed by atoms with van der Waals surface area (Å²) in [5, 5.41) is 3.46. The van der Waals surface area contributed by atoms with Gasteiger partial charge in [-0.3, -0.25) is 14.7 Å². The van der Waals surface area contributed by atoms with Crippen molar-refractivity contribution in [2.24, 2.45) is 10.9 Å². The molecule has 1 saturated carbocycles. The van der Waals surface area contributed by atoms with E-state index in [4.69, 9.17) is 4.74 Å². The van der Waals surface area contributed by atoms with Gasteiger partial charge in [0.2, 0.25) is 5.91 Å². The van der Waals surface area contributed by atoms with E-state index in [0.717, 1.165) is 75.9 Å². The van der Waals surface area contributed by atoms with Crippen molar-refractivity contribution in [1.29, 1.82) is 0 Å². The van der Waals surface area contributed by atoms with E-state index in [9.17, 15) is 4.79 Å². The molecule has 1 aromatic rings. The first kappa shape index (κ1) is 21.4. The Bertz CT molecular complexity index is 696. The number of nitrogens with zero attached hydrogens (tertiary/aromatic N) is 4. The monoisotopic (exact) mass is 401 g/mol. The Morgan fingerprint density at radius 3 is 2.59 bits per heavy atom. The van der Waals surface area contributed by atoms with Crippen LogP contribution < -0.4 is 10.1 Å². The van der Waals surface area contributed by atoms with Gasteiger partial charge in [0.05, 0.1) is 7.11 Å². The van der Waals surface area contributed by atoms with Crippen LogP contribution in [-0.4, -0.2) is 87.0 Å². The lowest BCUT2D eigenvalue weighted by Gasteiger charge is -2.38. The molecule has 0 atom stereocenters. The van der Waals surface area contributed by atoms with E-state index >= 15 is 0 Å². The van der Waals surface area contributed by atoms with Crippen LogP contribution >= 0.6 is 0 Å². The Morgan fingerprint density at radius 2 is 1.97 bits per heavy atom. The van der Waals surface area contributed by atoms with Crippen molar-refractivity contribution in [2.45, 2.75) is 25.8 Å². The van der Waals surface area contributed by atoms with Gasteiger partial charge in [0.1, 0.15) is 5.75 Å². The van der Waals surface area contributed by atoms with Crippen LogP contribution in [0.25, 0.3) is 0 Å². The molecule has 0 aromatic heterocycles. The third kappa shape index (κ3) is 5.63. The second-order valence-electron chi connectivity index (χ2n) is 7.94. The molecule has 1 N–H and O–H groups in total. The lowest BCUT2D eigenvalue weighted by molar-refractivity contribution is -0.139. The molecule has 1 aromatic carbocycles. The van der Waals surface area contributed by atoms with Crippen LogP contribution in [0.4, 0.5) is 0 Å². The summed E-state index contributed by atoms with van der Waals surface area (Å²) in [7, 11) is 5.55. The molecular formula is C22H35N5O2. The zero-order chi connectivity index (χ0) is 20.6. The van der Waals surface area contributed by atoms with E-state index < -0.39 is 0 Å². The van der Waals surface area contributed by atoms with Gasteiger partial charge in [-0.1, -0.05) is 24.6 Å². The summed E-state index contributed by atoms with van der Waals surface area (Å²) in [4.78, 5) is 23.4. The maximum Gasteiger partial charge on any atom is 0.225 e. The molecule has 1 aliphatic carbocycles. The summed E-state index contributed by atoms with van der Waals surface area (Å²) >= 11 is 0. The number of aliphatic imine (C=N–C) groups is 1. The van der Waals surface area contributed by atoms with Gasteiger partial charge in [0.15, 0.2) is 5.96 Å². The molecule has 0 bridgehead atoms. The summed E-state index contributed by atoms with van der Waals surface area (Å²) < 4.78 is 5.45. The van der Waals surface area contributed by atoms with Crippen molar-refractivity contribution in [3.05, 3.63) is 29.8 Å². The van der Waals surface area contributed by atoms with Crippen LogP contribution in [0.15, 0.2) is 29.3 Å². The zero-order valence-electron chi connectivity index (χ0n) is 18.1. The van der Waals surface area contributed by atoms with Crippen LogP contribution in [0, 0.1) is 5.92 Å². The summed E-state index contributed by atoms with van der Waals surface area (Å²) in [6.07, 6.45) is 3.39. The fourth-order valence-corrected chi connectivity index (χ4v) is 3.98. The second-order valence-corrected chi connectivity index (χ2v) is 7.94. The summed E-state index contributed by atoms with van der Waals surface area (Å²) in [5.74, 6) is 2.46. The number of piperazine rings is 1. The fourth-order valence-electron chi connectivity index (χ4n) is 3.98. The maximum atomic E-state index is 12.4. The molecule has 0 radical (unpaired) electrons. The smallest absolute Gasteiger partial charge is 0.225 e. The Hall–Kier alpha value is -2.28. The molecule has 2 aliphatic rings. The van der Waals surface area contributed by atoms with Crippen LogP contribution in [0.1, 0.15) is 24.8 Å². The van der Waals surface area contributed by atoms with Crippen LogP contribution in [0.3, 0.4) is 0 Å². The predicted molar refractivity (Wildman–Crippen MR) is 116 cm³/mol. The van der Waals surface area contributed by atoms with Crippen molar-refractivity contribution in [2.75, 3.05) is 60.5 Å². The van der Waals surface area contributed by atoms with Crippen molar-refractivity contribution in [3.63, 3.8) is 0 Å². The summed E-state index contributed by atoms with van der Waals surface area (Å²) in [5.41, 5.74) is 1.13. The molecule has 7 nitrogen and oxygen atoms in total. The molecule has 7 heteroatoms. The predicted octanol–water partition coefficient (Wildman–Crippen LogP) is 1.65. The molecule has 160 valence electrons. The molecule has 2 fully saturated rings. The summed E-state index contributed by atoms with van der Waals surface area (Å²) in [6.45, 7) is 6.14. The number of nitrogens with one attached hydrogen (secondary N) is 1. The Morgan fingerprint density at radius 1 is 1.24 bits per heavy atom. The van der Waals surface area contributed by atoms with Gasteiger partial charge in [0.25, 0.3) is 0 Å². The third-order valence-electron chi connectivity index (χ3n) is 6.02. The zero-order valence-corrected chi connectivity index (χ0v) is 18.1. The molecule has 1 amide bonds. The normalized spacial score (nSPS) is 18.3. The van der Waals surface area contributed by atoms with Gasteiger partial charge in [-0.15, -0.1) is 0 Å². The minimum Gasteiger partial charge on any atom is -0.496 e. The number of ether oxygens (including phenoxy) is 1. The third-order valence-corrected chi connectivity index (χ3v) is 6.02. The highest BCUT2D eigenvalue weighted by Gasteiger charge is 2.31. The summed E-state index contributed by atoms with van der Waals surface area (Å²) in [6, 6.07) is 8.06. The van der Waals surface area contributed by atoms with Gasteiger partial charge >= 0.3 is 0 Å². The minimum absolute atomic E-state index is 0.310. The highest BCUT2D eigenvalue weighted by atomic mass is 16.5. The van der Waals surface area contributed by atoms with E-state index in [0.29, 0.717) is 11.8 Å². The molecule has 0 unspecified atom stereocenters.